The predicted octanol–water partition coefficient (Wildman–Crippen LogP) is 3.47. The van der Waals surface area contributed by atoms with Gasteiger partial charge in [-0.15, -0.1) is 11.3 Å². The van der Waals surface area contributed by atoms with Gasteiger partial charge in [0.05, 0.1) is 12.8 Å². The third-order valence-electron chi connectivity index (χ3n) is 2.52. The number of thiazole rings is 1. The van der Waals surface area contributed by atoms with Gasteiger partial charge < -0.3 is 4.74 Å². The molecule has 1 heterocycles. The zero-order chi connectivity index (χ0) is 13.3. The number of hydrogen-bond donors (Lipinski definition) is 0. The first kappa shape index (κ1) is 12.7. The van der Waals surface area contributed by atoms with Crippen LogP contribution in [-0.4, -0.2) is 17.9 Å². The maximum absolute atomic E-state index is 13.6. The molecule has 0 bridgehead atoms. The van der Waals surface area contributed by atoms with Gasteiger partial charge in [-0.25, -0.2) is 9.37 Å². The summed E-state index contributed by atoms with van der Waals surface area (Å²) in [5.41, 5.74) is 1.29. The predicted molar refractivity (Wildman–Crippen MR) is 68.8 cm³/mol. The number of ketones is 1. The van der Waals surface area contributed by atoms with Gasteiger partial charge in [0.15, 0.2) is 22.4 Å². The molecule has 0 unspecified atom stereocenters. The Morgan fingerprint density at radius 1 is 1.44 bits per heavy atom. The first-order valence-corrected chi connectivity index (χ1v) is 6.17. The van der Waals surface area contributed by atoms with Crippen molar-refractivity contribution < 1.29 is 13.9 Å². The van der Waals surface area contributed by atoms with Gasteiger partial charge in [-0.1, -0.05) is 0 Å². The number of carbonyl (C=O) groups excluding carboxylic acids is 1. The van der Waals surface area contributed by atoms with E-state index in [1.807, 2.05) is 6.92 Å². The second kappa shape index (κ2) is 4.86. The first-order chi connectivity index (χ1) is 8.52. The van der Waals surface area contributed by atoms with Crippen molar-refractivity contribution in [1.82, 2.24) is 4.98 Å². The molecule has 0 aliphatic heterocycles. The number of ether oxygens (including phenoxy) is 1. The maximum atomic E-state index is 13.6. The van der Waals surface area contributed by atoms with Gasteiger partial charge in [0.2, 0.25) is 0 Å². The molecule has 0 saturated carbocycles. The Bertz CT molecular complexity index is 607. The van der Waals surface area contributed by atoms with Gasteiger partial charge in [0, 0.05) is 17.4 Å². The molecular weight excluding hydrogens is 253 g/mol. The van der Waals surface area contributed by atoms with Gasteiger partial charge >= 0.3 is 0 Å². The Morgan fingerprint density at radius 2 is 2.17 bits per heavy atom. The minimum Gasteiger partial charge on any atom is -0.494 e. The fourth-order valence-corrected chi connectivity index (χ4v) is 2.46. The van der Waals surface area contributed by atoms with Crippen LogP contribution in [0.2, 0.25) is 0 Å². The molecule has 0 aliphatic carbocycles. The van der Waals surface area contributed by atoms with Crippen molar-refractivity contribution in [2.45, 2.75) is 13.8 Å². The van der Waals surface area contributed by atoms with Crippen LogP contribution in [0.5, 0.6) is 5.75 Å². The smallest absolute Gasteiger partial charge is 0.188 e. The summed E-state index contributed by atoms with van der Waals surface area (Å²) in [7, 11) is 1.42. The summed E-state index contributed by atoms with van der Waals surface area (Å²) < 4.78 is 18.5. The van der Waals surface area contributed by atoms with Crippen LogP contribution in [0.15, 0.2) is 18.2 Å². The summed E-state index contributed by atoms with van der Waals surface area (Å²) >= 11 is 1.32. The molecule has 2 rings (SSSR count). The van der Waals surface area contributed by atoms with Gasteiger partial charge in [0.25, 0.3) is 0 Å². The molecule has 5 heteroatoms. The van der Waals surface area contributed by atoms with E-state index in [1.165, 1.54) is 31.4 Å². The first-order valence-electron chi connectivity index (χ1n) is 5.35. The number of halogens is 1. The van der Waals surface area contributed by atoms with Crippen molar-refractivity contribution in [2.75, 3.05) is 7.11 Å². The van der Waals surface area contributed by atoms with E-state index in [-0.39, 0.29) is 11.5 Å². The molecule has 94 valence electrons. The Balaban J connectivity index is 2.48. The van der Waals surface area contributed by atoms with E-state index in [1.54, 1.807) is 12.1 Å². The van der Waals surface area contributed by atoms with Crippen molar-refractivity contribution in [3.63, 3.8) is 0 Å². The summed E-state index contributed by atoms with van der Waals surface area (Å²) in [5.74, 6) is -0.325. The van der Waals surface area contributed by atoms with Crippen molar-refractivity contribution in [1.29, 1.82) is 0 Å². The number of aryl methyl sites for hydroxylation is 1. The quantitative estimate of drug-likeness (QED) is 0.798. The zero-order valence-corrected chi connectivity index (χ0v) is 11.1. The van der Waals surface area contributed by atoms with Crippen LogP contribution in [0.3, 0.4) is 0 Å². The van der Waals surface area contributed by atoms with Crippen molar-refractivity contribution >= 4 is 17.1 Å². The summed E-state index contributed by atoms with van der Waals surface area (Å²) in [6.07, 6.45) is 0. The van der Waals surface area contributed by atoms with Crippen molar-refractivity contribution in [2.24, 2.45) is 0 Å². The third kappa shape index (κ3) is 2.26. The van der Waals surface area contributed by atoms with Crippen molar-refractivity contribution in [3.8, 4) is 17.0 Å². The van der Waals surface area contributed by atoms with E-state index in [0.29, 0.717) is 16.3 Å². The topological polar surface area (TPSA) is 39.2 Å². The molecule has 3 nitrogen and oxygen atoms in total. The number of methoxy groups -OCH3 is 1. The molecule has 1 aromatic heterocycles. The fourth-order valence-electron chi connectivity index (χ4n) is 1.63. The second-order valence-corrected chi connectivity index (χ2v) is 5.03. The Hall–Kier alpha value is -1.75. The van der Waals surface area contributed by atoms with Crippen molar-refractivity contribution in [3.05, 3.63) is 33.9 Å². The van der Waals surface area contributed by atoms with E-state index in [4.69, 9.17) is 4.74 Å². The van der Waals surface area contributed by atoms with Gasteiger partial charge in [-0.3, -0.25) is 4.79 Å². The number of benzene rings is 1. The normalized spacial score (nSPS) is 10.4. The maximum Gasteiger partial charge on any atom is 0.188 e. The molecule has 0 saturated heterocycles. The molecule has 2 aromatic rings. The van der Waals surface area contributed by atoms with Crippen LogP contribution in [0.4, 0.5) is 4.39 Å². The van der Waals surface area contributed by atoms with Gasteiger partial charge in [-0.05, 0) is 25.1 Å². The molecule has 0 amide bonds. The Morgan fingerprint density at radius 3 is 2.67 bits per heavy atom. The van der Waals surface area contributed by atoms with E-state index >= 15 is 0 Å². The second-order valence-electron chi connectivity index (χ2n) is 3.83. The van der Waals surface area contributed by atoms with Crippen LogP contribution in [0.25, 0.3) is 11.3 Å². The van der Waals surface area contributed by atoms with Crippen LogP contribution in [0.1, 0.15) is 21.6 Å². The van der Waals surface area contributed by atoms with E-state index in [9.17, 15) is 9.18 Å². The van der Waals surface area contributed by atoms with Crippen LogP contribution in [-0.2, 0) is 0 Å². The van der Waals surface area contributed by atoms with Crippen LogP contribution < -0.4 is 4.74 Å². The Labute approximate surface area is 108 Å². The molecule has 0 N–H and O–H groups in total. The average Bonchev–Trinajstić information content (AvgIpc) is 2.71. The standard InChI is InChI=1S/C13H12FNO2S/c1-7(16)13-15-12(8(2)18-13)9-4-5-11(17-3)10(14)6-9/h4-6H,1-3H3. The lowest BCUT2D eigenvalue weighted by Crippen LogP contribution is -1.91. The summed E-state index contributed by atoms with van der Waals surface area (Å²) in [5, 5.41) is 0.443. The fraction of sp³-hybridized carbons (Fsp3) is 0.231. The molecule has 0 spiro atoms. The number of aromatic nitrogens is 1. The highest BCUT2D eigenvalue weighted by Gasteiger charge is 2.14. The minimum atomic E-state index is -0.438. The van der Waals surface area contributed by atoms with Crippen LogP contribution in [0, 0.1) is 12.7 Å². The lowest BCUT2D eigenvalue weighted by molar-refractivity contribution is 0.101. The SMILES string of the molecule is COc1ccc(-c2nc(C(C)=O)sc2C)cc1F. The Kier molecular flexibility index (Phi) is 3.43. The van der Waals surface area contributed by atoms with Crippen LogP contribution >= 0.6 is 11.3 Å². The molecule has 0 fully saturated rings. The molecule has 1 aromatic carbocycles. The number of nitrogens with zero attached hydrogens (tertiary/aromatic N) is 1. The van der Waals surface area contributed by atoms with Gasteiger partial charge in [0.1, 0.15) is 0 Å². The van der Waals surface area contributed by atoms with Gasteiger partial charge in [-0.2, -0.15) is 0 Å². The third-order valence-corrected chi connectivity index (χ3v) is 3.59. The monoisotopic (exact) mass is 265 g/mol. The number of hydrogen-bond acceptors (Lipinski definition) is 4. The average molecular weight is 265 g/mol. The number of Topliss-reactive ketones (excluding diaryl/α,β-unsaturated/α-hetero) is 1. The summed E-state index contributed by atoms with van der Waals surface area (Å²) in [6, 6.07) is 4.65. The number of carbonyl (C=O) groups is 1. The summed E-state index contributed by atoms with van der Waals surface area (Å²) in [4.78, 5) is 16.4. The lowest BCUT2D eigenvalue weighted by Gasteiger charge is -2.03. The lowest BCUT2D eigenvalue weighted by atomic mass is 10.1. The minimum absolute atomic E-state index is 0.0802. The molecule has 0 aliphatic rings. The van der Waals surface area contributed by atoms with E-state index in [0.717, 1.165) is 4.88 Å². The molecule has 18 heavy (non-hydrogen) atoms. The molecule has 0 radical (unpaired) electrons. The highest BCUT2D eigenvalue weighted by atomic mass is 32.1. The zero-order valence-electron chi connectivity index (χ0n) is 10.3. The highest BCUT2D eigenvalue weighted by Crippen LogP contribution is 2.30. The summed E-state index contributed by atoms with van der Waals surface area (Å²) in [6.45, 7) is 3.33. The molecular formula is C13H12FNO2S. The molecule has 0 atom stereocenters. The largest absolute Gasteiger partial charge is 0.494 e. The highest BCUT2D eigenvalue weighted by molar-refractivity contribution is 7.14. The number of rotatable bonds is 3. The van der Waals surface area contributed by atoms with E-state index in [2.05, 4.69) is 4.98 Å². The van der Waals surface area contributed by atoms with E-state index < -0.39 is 5.82 Å².